The van der Waals surface area contributed by atoms with Gasteiger partial charge >= 0.3 is 0 Å². The largest absolute Gasteiger partial charge is 0.313 e. The van der Waals surface area contributed by atoms with Gasteiger partial charge in [0.25, 0.3) is 0 Å². The van der Waals surface area contributed by atoms with E-state index in [1.165, 1.54) is 17.6 Å². The Kier molecular flexibility index (Phi) is 6.53. The molecular formula is C15H21ClFNS2. The van der Waals surface area contributed by atoms with E-state index in [4.69, 9.17) is 11.6 Å². The van der Waals surface area contributed by atoms with Crippen molar-refractivity contribution >= 4 is 35.1 Å². The highest BCUT2D eigenvalue weighted by Gasteiger charge is 2.30. The summed E-state index contributed by atoms with van der Waals surface area (Å²) in [5.74, 6) is 2.10. The van der Waals surface area contributed by atoms with Crippen LogP contribution in [0.3, 0.4) is 0 Å². The molecule has 112 valence electrons. The third-order valence-electron chi connectivity index (χ3n) is 3.57. The molecule has 1 N–H and O–H groups in total. The molecule has 1 aliphatic heterocycles. The summed E-state index contributed by atoms with van der Waals surface area (Å²) in [4.78, 5) is 0. The van der Waals surface area contributed by atoms with Gasteiger partial charge in [0.15, 0.2) is 0 Å². The van der Waals surface area contributed by atoms with Crippen molar-refractivity contribution in [2.24, 2.45) is 0 Å². The molecular weight excluding hydrogens is 313 g/mol. The smallest absolute Gasteiger partial charge is 0.142 e. The molecule has 2 rings (SSSR count). The first-order valence-electron chi connectivity index (χ1n) is 7.03. The second-order valence-corrected chi connectivity index (χ2v) is 8.14. The van der Waals surface area contributed by atoms with Gasteiger partial charge in [0.2, 0.25) is 0 Å². The van der Waals surface area contributed by atoms with E-state index in [1.807, 2.05) is 29.6 Å². The predicted molar refractivity (Wildman–Crippen MR) is 90.7 cm³/mol. The van der Waals surface area contributed by atoms with Crippen LogP contribution in [0.5, 0.6) is 0 Å². The van der Waals surface area contributed by atoms with Crippen molar-refractivity contribution in [3.8, 4) is 0 Å². The molecule has 3 unspecified atom stereocenters. The maximum absolute atomic E-state index is 13.6. The molecule has 0 amide bonds. The number of hydrogen-bond donors (Lipinski definition) is 1. The molecule has 0 radical (unpaired) electrons. The Balaban J connectivity index is 2.14. The van der Waals surface area contributed by atoms with Crippen molar-refractivity contribution in [1.82, 2.24) is 5.32 Å². The minimum Gasteiger partial charge on any atom is -0.313 e. The second kappa shape index (κ2) is 7.92. The van der Waals surface area contributed by atoms with Crippen LogP contribution >= 0.6 is 35.1 Å². The number of nitrogens with one attached hydrogen (secondary N) is 1. The fourth-order valence-electron chi connectivity index (χ4n) is 2.60. The monoisotopic (exact) mass is 333 g/mol. The van der Waals surface area contributed by atoms with Crippen molar-refractivity contribution < 1.29 is 4.39 Å². The van der Waals surface area contributed by atoms with Crippen molar-refractivity contribution in [1.29, 1.82) is 0 Å². The summed E-state index contributed by atoms with van der Waals surface area (Å²) in [6, 6.07) is 5.43. The van der Waals surface area contributed by atoms with Gasteiger partial charge in [-0.25, -0.2) is 4.39 Å². The lowest BCUT2D eigenvalue weighted by Gasteiger charge is -2.35. The van der Waals surface area contributed by atoms with Crippen LogP contribution in [0.1, 0.15) is 19.4 Å². The zero-order valence-corrected chi connectivity index (χ0v) is 14.3. The minimum absolute atomic E-state index is 0.275. The standard InChI is InChI=1S/C15H21ClFNS2/c1-3-18-13(15-10(2)19-7-8-20-15)9-11-5-4-6-12(17)14(11)16/h4-6,10,13,15,18H,3,7-9H2,1-2H3. The summed E-state index contributed by atoms with van der Waals surface area (Å²) in [7, 11) is 0. The Labute approximate surface area is 134 Å². The van der Waals surface area contributed by atoms with Gasteiger partial charge in [0.05, 0.1) is 5.02 Å². The zero-order valence-electron chi connectivity index (χ0n) is 11.9. The molecule has 0 aromatic heterocycles. The van der Waals surface area contributed by atoms with Crippen molar-refractivity contribution in [2.45, 2.75) is 36.8 Å². The van der Waals surface area contributed by atoms with Crippen LogP contribution in [-0.2, 0) is 6.42 Å². The fraction of sp³-hybridized carbons (Fsp3) is 0.600. The summed E-state index contributed by atoms with van der Waals surface area (Å²) in [5, 5.41) is 5.00. The number of thioether (sulfide) groups is 2. The van der Waals surface area contributed by atoms with E-state index in [2.05, 4.69) is 19.2 Å². The van der Waals surface area contributed by atoms with Gasteiger partial charge in [0.1, 0.15) is 5.82 Å². The first-order valence-corrected chi connectivity index (χ1v) is 9.50. The Morgan fingerprint density at radius 1 is 1.40 bits per heavy atom. The second-order valence-electron chi connectivity index (χ2n) is 4.99. The molecule has 1 heterocycles. The van der Waals surface area contributed by atoms with E-state index < -0.39 is 0 Å². The molecule has 1 aromatic carbocycles. The summed E-state index contributed by atoms with van der Waals surface area (Å²) in [6.45, 7) is 5.33. The third kappa shape index (κ3) is 4.06. The molecule has 20 heavy (non-hydrogen) atoms. The van der Waals surface area contributed by atoms with Gasteiger partial charge in [-0.15, -0.1) is 0 Å². The number of hydrogen-bond acceptors (Lipinski definition) is 3. The lowest BCUT2D eigenvalue weighted by Crippen LogP contribution is -2.45. The molecule has 0 bridgehead atoms. The van der Waals surface area contributed by atoms with Crippen molar-refractivity contribution in [2.75, 3.05) is 18.1 Å². The highest BCUT2D eigenvalue weighted by Crippen LogP contribution is 2.34. The normalized spacial score (nSPS) is 24.6. The van der Waals surface area contributed by atoms with Gasteiger partial charge in [0, 0.05) is 28.0 Å². The Morgan fingerprint density at radius 3 is 2.85 bits per heavy atom. The zero-order chi connectivity index (χ0) is 14.5. The van der Waals surface area contributed by atoms with Crippen LogP contribution in [0.25, 0.3) is 0 Å². The Bertz CT molecular complexity index is 444. The van der Waals surface area contributed by atoms with Gasteiger partial charge in [-0.2, -0.15) is 23.5 Å². The van der Waals surface area contributed by atoms with E-state index in [0.29, 0.717) is 16.5 Å². The highest BCUT2D eigenvalue weighted by atomic mass is 35.5. The van der Waals surface area contributed by atoms with Gasteiger partial charge < -0.3 is 5.32 Å². The number of benzene rings is 1. The molecule has 1 fully saturated rings. The maximum atomic E-state index is 13.6. The average Bonchev–Trinajstić information content (AvgIpc) is 2.44. The molecule has 3 atom stereocenters. The molecule has 1 nitrogen and oxygen atoms in total. The fourth-order valence-corrected chi connectivity index (χ4v) is 5.76. The first kappa shape index (κ1) is 16.5. The highest BCUT2D eigenvalue weighted by molar-refractivity contribution is 8.07. The third-order valence-corrected chi connectivity index (χ3v) is 7.25. The molecule has 0 aliphatic carbocycles. The van der Waals surface area contributed by atoms with E-state index in [1.54, 1.807) is 6.07 Å². The first-order chi connectivity index (χ1) is 9.63. The number of rotatable bonds is 5. The van der Waals surface area contributed by atoms with E-state index >= 15 is 0 Å². The molecule has 1 saturated heterocycles. The quantitative estimate of drug-likeness (QED) is 0.865. The Morgan fingerprint density at radius 2 is 2.15 bits per heavy atom. The topological polar surface area (TPSA) is 12.0 Å². The van der Waals surface area contributed by atoms with Crippen LogP contribution in [-0.4, -0.2) is 34.6 Å². The summed E-state index contributed by atoms with van der Waals surface area (Å²) in [5.41, 5.74) is 0.904. The minimum atomic E-state index is -0.321. The van der Waals surface area contributed by atoms with Crippen LogP contribution in [0.2, 0.25) is 5.02 Å². The average molecular weight is 334 g/mol. The predicted octanol–water partition coefficient (Wildman–Crippen LogP) is 4.24. The van der Waals surface area contributed by atoms with E-state index in [9.17, 15) is 4.39 Å². The van der Waals surface area contributed by atoms with Crippen molar-refractivity contribution in [3.63, 3.8) is 0 Å². The summed E-state index contributed by atoms with van der Waals surface area (Å²) in [6.07, 6.45) is 0.785. The maximum Gasteiger partial charge on any atom is 0.142 e. The van der Waals surface area contributed by atoms with Gasteiger partial charge in [-0.05, 0) is 24.6 Å². The molecule has 5 heteroatoms. The SMILES string of the molecule is CCNC(Cc1cccc(F)c1Cl)C1SCCSC1C. The van der Waals surface area contributed by atoms with Crippen LogP contribution in [0.4, 0.5) is 4.39 Å². The molecule has 0 saturated carbocycles. The van der Waals surface area contributed by atoms with Gasteiger partial charge in [-0.1, -0.05) is 37.6 Å². The summed E-state index contributed by atoms with van der Waals surface area (Å²) < 4.78 is 13.6. The lowest BCUT2D eigenvalue weighted by molar-refractivity contribution is 0.499. The van der Waals surface area contributed by atoms with E-state index in [-0.39, 0.29) is 10.8 Å². The molecule has 1 aromatic rings. The van der Waals surface area contributed by atoms with Crippen LogP contribution in [0, 0.1) is 5.82 Å². The Hall–Kier alpha value is 0.1000. The number of likely N-dealkylation sites (N-methyl/N-ethyl adjacent to an activating group) is 1. The number of halogens is 2. The van der Waals surface area contributed by atoms with Gasteiger partial charge in [-0.3, -0.25) is 0 Å². The van der Waals surface area contributed by atoms with Crippen molar-refractivity contribution in [3.05, 3.63) is 34.6 Å². The summed E-state index contributed by atoms with van der Waals surface area (Å²) >= 11 is 10.2. The molecule has 0 spiro atoms. The van der Waals surface area contributed by atoms with Crippen LogP contribution < -0.4 is 5.32 Å². The van der Waals surface area contributed by atoms with Crippen LogP contribution in [0.15, 0.2) is 18.2 Å². The lowest BCUT2D eigenvalue weighted by atomic mass is 10.0. The molecule has 1 aliphatic rings. The van der Waals surface area contributed by atoms with E-state index in [0.717, 1.165) is 18.5 Å².